The molecule has 1 aromatic carbocycles. The lowest BCUT2D eigenvalue weighted by atomic mass is 10.1. The molecule has 0 atom stereocenters. The Morgan fingerprint density at radius 2 is 2.12 bits per heavy atom. The van der Waals surface area contributed by atoms with Gasteiger partial charge in [-0.15, -0.1) is 0 Å². The van der Waals surface area contributed by atoms with Crippen LogP contribution in [-0.2, 0) is 0 Å². The highest BCUT2D eigenvalue weighted by Crippen LogP contribution is 2.36. The Labute approximate surface area is 102 Å². The van der Waals surface area contributed by atoms with Crippen LogP contribution in [0.3, 0.4) is 0 Å². The molecule has 16 heavy (non-hydrogen) atoms. The van der Waals surface area contributed by atoms with Crippen molar-refractivity contribution in [1.29, 1.82) is 0 Å². The summed E-state index contributed by atoms with van der Waals surface area (Å²) in [6, 6.07) is 7.66. The molecule has 0 aliphatic rings. The van der Waals surface area contributed by atoms with Crippen LogP contribution in [0.2, 0.25) is 0 Å². The minimum absolute atomic E-state index is 0.385. The van der Waals surface area contributed by atoms with Gasteiger partial charge in [0.15, 0.2) is 11.6 Å². The van der Waals surface area contributed by atoms with E-state index >= 15 is 0 Å². The van der Waals surface area contributed by atoms with E-state index in [2.05, 4.69) is 21.1 Å². The van der Waals surface area contributed by atoms with Crippen LogP contribution < -0.4 is 10.6 Å². The van der Waals surface area contributed by atoms with Crippen molar-refractivity contribution in [2.24, 2.45) is 0 Å². The van der Waals surface area contributed by atoms with Crippen LogP contribution in [0.5, 0.6) is 0 Å². The number of anilines is 2. The summed E-state index contributed by atoms with van der Waals surface area (Å²) in [7, 11) is 3.95. The molecule has 1 aromatic heterocycles. The summed E-state index contributed by atoms with van der Waals surface area (Å²) < 4.78 is 6.14. The van der Waals surface area contributed by atoms with Gasteiger partial charge in [0.1, 0.15) is 0 Å². The number of nitrogens with two attached hydrogens (primary N) is 1. The molecule has 4 nitrogen and oxygen atoms in total. The van der Waals surface area contributed by atoms with Crippen molar-refractivity contribution in [2.75, 3.05) is 24.7 Å². The van der Waals surface area contributed by atoms with Gasteiger partial charge in [-0.25, -0.2) is 0 Å². The third-order valence-corrected chi connectivity index (χ3v) is 2.91. The highest BCUT2D eigenvalue weighted by molar-refractivity contribution is 9.10. The Bertz CT molecular complexity index is 508. The van der Waals surface area contributed by atoms with E-state index in [0.717, 1.165) is 15.7 Å². The number of nitrogens with zero attached hydrogens (tertiary/aromatic N) is 2. The molecular formula is C11H12BrN3O. The smallest absolute Gasteiger partial charge is 0.172 e. The zero-order chi connectivity index (χ0) is 11.7. The molecule has 1 heterocycles. The molecule has 0 amide bonds. The van der Waals surface area contributed by atoms with Crippen LogP contribution in [0.15, 0.2) is 33.3 Å². The SMILES string of the molecule is CN(C)c1cccc(Br)c1-c1cc(N)no1. The fourth-order valence-electron chi connectivity index (χ4n) is 1.54. The molecule has 2 aromatic rings. The second-order valence-corrected chi connectivity index (χ2v) is 4.50. The van der Waals surface area contributed by atoms with Gasteiger partial charge >= 0.3 is 0 Å². The molecule has 84 valence electrons. The van der Waals surface area contributed by atoms with Gasteiger partial charge in [-0.3, -0.25) is 0 Å². The summed E-state index contributed by atoms with van der Waals surface area (Å²) in [4.78, 5) is 2.01. The average molecular weight is 282 g/mol. The summed E-state index contributed by atoms with van der Waals surface area (Å²) in [6.07, 6.45) is 0. The van der Waals surface area contributed by atoms with Gasteiger partial charge in [0.05, 0.1) is 5.56 Å². The highest BCUT2D eigenvalue weighted by Gasteiger charge is 2.14. The standard InChI is InChI=1S/C11H12BrN3O/c1-15(2)8-5-3-4-7(12)11(8)9-6-10(13)14-16-9/h3-6H,1-2H3,(H2,13,14). The number of rotatable bonds is 2. The van der Waals surface area contributed by atoms with E-state index in [-0.39, 0.29) is 0 Å². The summed E-state index contributed by atoms with van der Waals surface area (Å²) in [5, 5.41) is 3.70. The molecule has 0 fully saturated rings. The lowest BCUT2D eigenvalue weighted by Crippen LogP contribution is -2.09. The molecule has 0 aliphatic carbocycles. The molecule has 0 bridgehead atoms. The second kappa shape index (κ2) is 4.17. The molecule has 2 rings (SSSR count). The van der Waals surface area contributed by atoms with Crippen LogP contribution in [0, 0.1) is 0 Å². The Kier molecular flexibility index (Phi) is 2.87. The maximum Gasteiger partial charge on any atom is 0.172 e. The Hall–Kier alpha value is -1.49. The van der Waals surface area contributed by atoms with Crippen molar-refractivity contribution < 1.29 is 4.52 Å². The fraction of sp³-hybridized carbons (Fsp3) is 0.182. The van der Waals surface area contributed by atoms with E-state index in [1.807, 2.05) is 37.2 Å². The van der Waals surface area contributed by atoms with Crippen molar-refractivity contribution >= 4 is 27.4 Å². The van der Waals surface area contributed by atoms with E-state index < -0.39 is 0 Å². The normalized spacial score (nSPS) is 10.4. The van der Waals surface area contributed by atoms with Crippen LogP contribution in [-0.4, -0.2) is 19.3 Å². The lowest BCUT2D eigenvalue weighted by Gasteiger charge is -2.16. The van der Waals surface area contributed by atoms with E-state index in [1.165, 1.54) is 0 Å². The van der Waals surface area contributed by atoms with E-state index in [9.17, 15) is 0 Å². The maximum absolute atomic E-state index is 5.56. The first-order valence-corrected chi connectivity index (χ1v) is 5.57. The number of halogens is 1. The fourth-order valence-corrected chi connectivity index (χ4v) is 2.09. The Balaban J connectivity index is 2.62. The van der Waals surface area contributed by atoms with E-state index in [1.54, 1.807) is 6.07 Å². The molecule has 5 heteroatoms. The average Bonchev–Trinajstić information content (AvgIpc) is 2.64. The number of hydrogen-bond donors (Lipinski definition) is 1. The van der Waals surface area contributed by atoms with Gasteiger partial charge < -0.3 is 15.2 Å². The van der Waals surface area contributed by atoms with Gasteiger partial charge in [0.25, 0.3) is 0 Å². The zero-order valence-electron chi connectivity index (χ0n) is 9.07. The van der Waals surface area contributed by atoms with Crippen LogP contribution in [0.25, 0.3) is 11.3 Å². The number of aromatic nitrogens is 1. The largest absolute Gasteiger partial charge is 0.381 e. The number of nitrogen functional groups attached to an aromatic ring is 1. The molecule has 0 unspecified atom stereocenters. The summed E-state index contributed by atoms with van der Waals surface area (Å²) in [6.45, 7) is 0. The highest BCUT2D eigenvalue weighted by atomic mass is 79.9. The molecule has 2 N–H and O–H groups in total. The summed E-state index contributed by atoms with van der Waals surface area (Å²) >= 11 is 3.51. The van der Waals surface area contributed by atoms with Gasteiger partial charge in [-0.05, 0) is 28.1 Å². The minimum atomic E-state index is 0.385. The third-order valence-electron chi connectivity index (χ3n) is 2.25. The van der Waals surface area contributed by atoms with Gasteiger partial charge in [-0.2, -0.15) is 0 Å². The molecular weight excluding hydrogens is 270 g/mol. The first kappa shape index (κ1) is 11.0. The predicted molar refractivity (Wildman–Crippen MR) is 68.4 cm³/mol. The van der Waals surface area contributed by atoms with Crippen molar-refractivity contribution in [2.45, 2.75) is 0 Å². The monoisotopic (exact) mass is 281 g/mol. The Morgan fingerprint density at radius 3 is 2.69 bits per heavy atom. The summed E-state index contributed by atoms with van der Waals surface area (Å²) in [5.41, 5.74) is 7.56. The van der Waals surface area contributed by atoms with Gasteiger partial charge in [-0.1, -0.05) is 11.2 Å². The third kappa shape index (κ3) is 1.90. The van der Waals surface area contributed by atoms with E-state index in [0.29, 0.717) is 11.6 Å². The van der Waals surface area contributed by atoms with E-state index in [4.69, 9.17) is 10.3 Å². The molecule has 0 radical (unpaired) electrons. The molecule has 0 saturated carbocycles. The number of hydrogen-bond acceptors (Lipinski definition) is 4. The first-order chi connectivity index (χ1) is 7.59. The van der Waals surface area contributed by atoms with Crippen LogP contribution in [0.1, 0.15) is 0 Å². The second-order valence-electron chi connectivity index (χ2n) is 3.64. The molecule has 0 spiro atoms. The van der Waals surface area contributed by atoms with Gasteiger partial charge in [0.2, 0.25) is 0 Å². The lowest BCUT2D eigenvalue weighted by molar-refractivity contribution is 0.435. The number of benzene rings is 1. The van der Waals surface area contributed by atoms with Crippen molar-refractivity contribution in [1.82, 2.24) is 5.16 Å². The summed E-state index contributed by atoms with van der Waals surface area (Å²) in [5.74, 6) is 1.05. The zero-order valence-corrected chi connectivity index (χ0v) is 10.7. The van der Waals surface area contributed by atoms with Crippen LogP contribution in [0.4, 0.5) is 11.5 Å². The molecule has 0 saturated heterocycles. The topological polar surface area (TPSA) is 55.3 Å². The van der Waals surface area contributed by atoms with Crippen molar-refractivity contribution in [3.05, 3.63) is 28.7 Å². The molecule has 0 aliphatic heterocycles. The maximum atomic E-state index is 5.56. The first-order valence-electron chi connectivity index (χ1n) is 4.78. The minimum Gasteiger partial charge on any atom is -0.381 e. The van der Waals surface area contributed by atoms with Crippen molar-refractivity contribution in [3.8, 4) is 11.3 Å². The van der Waals surface area contributed by atoms with Crippen molar-refractivity contribution in [3.63, 3.8) is 0 Å². The van der Waals surface area contributed by atoms with Gasteiger partial charge in [0, 0.05) is 30.3 Å². The van der Waals surface area contributed by atoms with Crippen LogP contribution >= 0.6 is 15.9 Å². The predicted octanol–water partition coefficient (Wildman–Crippen LogP) is 2.75. The quantitative estimate of drug-likeness (QED) is 0.920. The Morgan fingerprint density at radius 1 is 1.38 bits per heavy atom.